The number of oxazole rings is 2. The van der Waals surface area contributed by atoms with E-state index in [0.29, 0.717) is 47.6 Å². The highest BCUT2D eigenvalue weighted by atomic mass is 32.1. The standard InChI is InChI=1S/2C13H24N2.C13H23NO.C13H23NS.C12H24.2C9H16N2.C9H15NO.C9H15NS/c1-11(2)5-6-13-9-15(10-14-13)8-7-12(3)4;1-11(2)5-6-13-9-14-15(10-13)8-7-12(3)4;2*1-10(2)5-7-12-9-14-13(15-12)8-6-11(3)4;1-11(2)9-7-5-6-8-10-12(3)4;1-7(2)9-5-11(6-10-9)8(3)4;1-7(2)9-5-10-11(6-9)8(3)4;2*1-6(2)8-5-10-9(11-8)7(3)4/h2*9-12H,5-8H2,1-4H3;2*9-11H,5-8H2,1-4H3;5-6,11-12H,7-10H2,1-4H3;2*5-8H,1-4H3;2*5-7H,1-4H3/b;;;;6-5+;;;;. The van der Waals surface area contributed by atoms with Crippen LogP contribution >= 0.6 is 22.7 Å². The molecule has 0 aliphatic carbocycles. The number of hydrogen-bond acceptors (Lipinski definition) is 12. The van der Waals surface area contributed by atoms with Crippen LogP contribution in [0.3, 0.4) is 0 Å². The Labute approximate surface area is 722 Å². The van der Waals surface area contributed by atoms with Crippen LogP contribution in [0.4, 0.5) is 0 Å². The number of aromatic nitrogens is 12. The Balaban J connectivity index is 0.00000129. The summed E-state index contributed by atoms with van der Waals surface area (Å²) < 4.78 is 19.6. The maximum Gasteiger partial charge on any atom is 0.196 e. The molecule has 8 heterocycles. The molecule has 0 saturated carbocycles. The summed E-state index contributed by atoms with van der Waals surface area (Å²) >= 11 is 3.74. The zero-order chi connectivity index (χ0) is 88.2. The van der Waals surface area contributed by atoms with Gasteiger partial charge in [-0.05, 0) is 218 Å². The summed E-state index contributed by atoms with van der Waals surface area (Å²) in [6.45, 7) is 81.8. The van der Waals surface area contributed by atoms with Gasteiger partial charge < -0.3 is 18.0 Å². The topological polar surface area (TPSA) is 149 Å². The first-order valence-electron chi connectivity index (χ1n) is 45.9. The van der Waals surface area contributed by atoms with Crippen LogP contribution in [0.5, 0.6) is 0 Å². The van der Waals surface area contributed by atoms with E-state index in [2.05, 4.69) is 346 Å². The number of nitrogens with zero attached hydrogens (tertiary/aromatic N) is 12. The molecule has 0 radical (unpaired) electrons. The fraction of sp³-hybridized carbons (Fsp3) is 0.740. The van der Waals surface area contributed by atoms with Crippen LogP contribution in [0.2, 0.25) is 0 Å². The van der Waals surface area contributed by atoms with Crippen molar-refractivity contribution in [3.05, 3.63) is 152 Å². The number of hydrogen-bond donors (Lipinski definition) is 0. The lowest BCUT2D eigenvalue weighted by molar-refractivity contribution is 0.420. The normalized spacial score (nSPS) is 11.6. The first-order valence-corrected chi connectivity index (χ1v) is 47.5. The monoisotopic (exact) mass is 1650 g/mol. The largest absolute Gasteiger partial charge is 0.446 e. The lowest BCUT2D eigenvalue weighted by Gasteiger charge is -2.04. The van der Waals surface area contributed by atoms with E-state index < -0.39 is 0 Å². The first-order chi connectivity index (χ1) is 54.4. The fourth-order valence-corrected chi connectivity index (χ4v) is 12.4. The number of aryl methyl sites for hydroxylation is 8. The predicted octanol–water partition coefficient (Wildman–Crippen LogP) is 31.1. The van der Waals surface area contributed by atoms with E-state index >= 15 is 0 Å². The van der Waals surface area contributed by atoms with Crippen LogP contribution < -0.4 is 0 Å². The van der Waals surface area contributed by atoms with Crippen molar-refractivity contribution in [2.24, 2.45) is 59.2 Å². The summed E-state index contributed by atoms with van der Waals surface area (Å²) in [6.07, 6.45) is 50.6. The van der Waals surface area contributed by atoms with Gasteiger partial charge in [-0.2, -0.15) is 10.2 Å². The molecular formula is C100H180N12O2S2. The second-order valence-corrected chi connectivity index (χ2v) is 41.1. The SMILES string of the molecule is CC(C)CC/C=C/CCC(C)C.CC(C)CCc1cn(CCC(C)C)cn1.CC(C)CCc1cnc(CCC(C)C)o1.CC(C)CCc1cnc(CCC(C)C)s1.CC(C)CCc1cnn(CCC(C)C)c1.CC(C)c1cn(C(C)C)cn1.CC(C)c1cnc(C(C)C)o1.CC(C)c1cnc(C(C)C)s1.CC(C)c1cnn(C(C)C)c1. The minimum Gasteiger partial charge on any atom is -0.446 e. The van der Waals surface area contributed by atoms with Gasteiger partial charge in [0.1, 0.15) is 11.5 Å². The van der Waals surface area contributed by atoms with E-state index in [9.17, 15) is 0 Å². The van der Waals surface area contributed by atoms with Gasteiger partial charge in [0.25, 0.3) is 0 Å². The zero-order valence-electron chi connectivity index (χ0n) is 81.6. The smallest absolute Gasteiger partial charge is 0.196 e. The van der Waals surface area contributed by atoms with E-state index in [1.54, 1.807) is 0 Å². The number of rotatable bonds is 38. The van der Waals surface area contributed by atoms with Crippen LogP contribution in [0.25, 0.3) is 0 Å². The molecule has 0 N–H and O–H groups in total. The molecule has 0 saturated heterocycles. The quantitative estimate of drug-likeness (QED) is 0.0342. The Hall–Kier alpha value is -5.74. The van der Waals surface area contributed by atoms with Gasteiger partial charge in [0, 0.05) is 103 Å². The predicted molar refractivity (Wildman–Crippen MR) is 507 cm³/mol. The molecule has 8 rings (SSSR count). The Kier molecular flexibility index (Phi) is 60.1. The van der Waals surface area contributed by atoms with E-state index in [1.807, 2.05) is 71.0 Å². The van der Waals surface area contributed by atoms with Crippen LogP contribution in [0.15, 0.2) is 95.6 Å². The summed E-state index contributed by atoms with van der Waals surface area (Å²) in [5.41, 5.74) is 5.12. The molecule has 0 atom stereocenters. The third-order valence-electron chi connectivity index (χ3n) is 19.1. The average Bonchev–Trinajstić information content (AvgIpc) is 1.78. The van der Waals surface area contributed by atoms with Crippen molar-refractivity contribution in [1.82, 2.24) is 58.6 Å². The van der Waals surface area contributed by atoms with E-state index in [4.69, 9.17) is 8.83 Å². The van der Waals surface area contributed by atoms with Crippen molar-refractivity contribution in [3.63, 3.8) is 0 Å². The maximum absolute atomic E-state index is 5.67. The maximum atomic E-state index is 5.67. The molecule has 0 bridgehead atoms. The highest BCUT2D eigenvalue weighted by Gasteiger charge is 2.13. The van der Waals surface area contributed by atoms with Gasteiger partial charge in [-0.15, -0.1) is 22.7 Å². The van der Waals surface area contributed by atoms with E-state index in [1.165, 1.54) is 126 Å². The van der Waals surface area contributed by atoms with Gasteiger partial charge in [0.2, 0.25) is 0 Å². The van der Waals surface area contributed by atoms with Crippen molar-refractivity contribution in [3.8, 4) is 0 Å². The van der Waals surface area contributed by atoms with Crippen molar-refractivity contribution < 1.29 is 8.83 Å². The van der Waals surface area contributed by atoms with Gasteiger partial charge >= 0.3 is 0 Å². The molecule has 0 aliphatic rings. The van der Waals surface area contributed by atoms with Gasteiger partial charge in [0.15, 0.2) is 11.8 Å². The molecule has 116 heavy (non-hydrogen) atoms. The van der Waals surface area contributed by atoms with Crippen LogP contribution in [-0.4, -0.2) is 58.6 Å². The number of imidazole rings is 2. The summed E-state index contributed by atoms with van der Waals surface area (Å²) in [5.74, 6) is 14.7. The molecule has 8 aromatic heterocycles. The summed E-state index contributed by atoms with van der Waals surface area (Å²) in [5, 5.41) is 11.2. The third kappa shape index (κ3) is 57.4. The van der Waals surface area contributed by atoms with E-state index in [0.717, 1.165) is 128 Å². The highest BCUT2D eigenvalue weighted by molar-refractivity contribution is 7.12. The van der Waals surface area contributed by atoms with Crippen molar-refractivity contribution in [2.45, 2.75) is 426 Å². The molecule has 0 aromatic carbocycles. The molecule has 8 aromatic rings. The first kappa shape index (κ1) is 110. The molecule has 0 aliphatic heterocycles. The average molecular weight is 1650 g/mol. The summed E-state index contributed by atoms with van der Waals surface area (Å²) in [4.78, 5) is 28.9. The molecule has 0 fully saturated rings. The van der Waals surface area contributed by atoms with Crippen LogP contribution in [-0.2, 0) is 51.6 Å². The molecule has 14 nitrogen and oxygen atoms in total. The lowest BCUT2D eigenvalue weighted by atomic mass is 10.1. The van der Waals surface area contributed by atoms with Crippen molar-refractivity contribution >= 4 is 22.7 Å². The van der Waals surface area contributed by atoms with Gasteiger partial charge in [-0.3, -0.25) is 9.36 Å². The van der Waals surface area contributed by atoms with Crippen LogP contribution in [0, 0.1) is 59.2 Å². The third-order valence-corrected chi connectivity index (χ3v) is 21.8. The molecule has 0 unspecified atom stereocenters. The van der Waals surface area contributed by atoms with Gasteiger partial charge in [-0.25, -0.2) is 29.9 Å². The molecule has 0 amide bonds. The zero-order valence-corrected chi connectivity index (χ0v) is 83.2. The fourth-order valence-electron chi connectivity index (χ4n) is 10.5. The second-order valence-electron chi connectivity index (χ2n) is 38.8. The number of allylic oxidation sites excluding steroid dienone is 2. The lowest BCUT2D eigenvalue weighted by Crippen LogP contribution is -2.01. The Morgan fingerprint density at radius 1 is 0.362 bits per heavy atom. The van der Waals surface area contributed by atoms with Gasteiger partial charge in [-0.1, -0.05) is 234 Å². The summed E-state index contributed by atoms with van der Waals surface area (Å²) in [6, 6.07) is 0.998. The Bertz CT molecular complexity index is 2930. The Morgan fingerprint density at radius 2 is 0.897 bits per heavy atom. The molecule has 664 valence electrons. The Morgan fingerprint density at radius 3 is 1.34 bits per heavy atom. The van der Waals surface area contributed by atoms with Crippen molar-refractivity contribution in [1.29, 1.82) is 0 Å². The second kappa shape index (κ2) is 63.3. The molecule has 16 heteroatoms. The highest BCUT2D eigenvalue weighted by Crippen LogP contribution is 2.27. The minimum absolute atomic E-state index is 0.391. The number of thiazole rings is 2. The molecule has 0 spiro atoms. The van der Waals surface area contributed by atoms with Gasteiger partial charge in [0.05, 0.1) is 58.8 Å². The molecular weight excluding hydrogens is 1470 g/mol. The van der Waals surface area contributed by atoms with Crippen LogP contribution in [0.1, 0.15) is 439 Å². The summed E-state index contributed by atoms with van der Waals surface area (Å²) in [7, 11) is 0. The van der Waals surface area contributed by atoms with Crippen molar-refractivity contribution in [2.75, 3.05) is 0 Å². The van der Waals surface area contributed by atoms with E-state index in [-0.39, 0.29) is 0 Å². The minimum atomic E-state index is 0.391.